The van der Waals surface area contributed by atoms with Crippen molar-refractivity contribution in [1.29, 1.82) is 0 Å². The second-order valence-electron chi connectivity index (χ2n) is 18.0. The van der Waals surface area contributed by atoms with Gasteiger partial charge in [0.2, 0.25) is 15.9 Å². The van der Waals surface area contributed by atoms with Gasteiger partial charge in [-0.25, -0.2) is 27.3 Å². The van der Waals surface area contributed by atoms with Gasteiger partial charge in [0.25, 0.3) is 11.8 Å². The Morgan fingerprint density at radius 2 is 1.70 bits per heavy atom. The molecule has 1 aromatic heterocycles. The number of rotatable bonds is 14. The van der Waals surface area contributed by atoms with Crippen molar-refractivity contribution in [2.75, 3.05) is 18.0 Å². The number of methoxy groups -OCH3 is 1. The Labute approximate surface area is 373 Å². The Balaban J connectivity index is 1.22. The Hall–Kier alpha value is -5.35. The largest absolute Gasteiger partial charge is 0.494 e. The van der Waals surface area contributed by atoms with E-state index in [1.165, 1.54) is 43.6 Å². The molecule has 7 rings (SSSR count). The molecule has 4 N–H and O–H groups in total. The molecule has 3 aliphatic rings. The first-order valence-corrected chi connectivity index (χ1v) is 23.1. The summed E-state index contributed by atoms with van der Waals surface area (Å²) in [6.07, 6.45) is 3.02. The maximum atomic E-state index is 15.2. The summed E-state index contributed by atoms with van der Waals surface area (Å²) >= 11 is 6.40. The summed E-state index contributed by atoms with van der Waals surface area (Å²) in [4.78, 5) is 63.1. The number of carbonyl (C=O) groups is 4. The zero-order valence-electron chi connectivity index (χ0n) is 36.6. The number of fused-ring (bicyclic) bond motifs is 1. The molecular formula is C47H56ClN6O8S+. The number of carbonyl (C=O) groups excluding carboxylic acids is 4. The Bertz CT molecular complexity index is 2570. The molecule has 2 aliphatic carbocycles. The predicted octanol–water partition coefficient (Wildman–Crippen LogP) is 6.85. The van der Waals surface area contributed by atoms with Crippen LogP contribution < -0.4 is 30.1 Å². The molecule has 2 heterocycles. The third-order valence-electron chi connectivity index (χ3n) is 13.2. The number of halogens is 1. The van der Waals surface area contributed by atoms with Crippen molar-refractivity contribution in [1.82, 2.24) is 15.6 Å². The quantitative estimate of drug-likeness (QED) is 0.0893. The first kappa shape index (κ1) is 45.7. The Morgan fingerprint density at radius 1 is 1.03 bits per heavy atom. The number of ether oxygens (including phenoxy) is 2. The van der Waals surface area contributed by atoms with Crippen molar-refractivity contribution in [3.05, 3.63) is 108 Å². The van der Waals surface area contributed by atoms with Crippen molar-refractivity contribution >= 4 is 61.8 Å². The Kier molecular flexibility index (Phi) is 12.3. The van der Waals surface area contributed by atoms with Gasteiger partial charge in [0.1, 0.15) is 29.9 Å². The summed E-state index contributed by atoms with van der Waals surface area (Å²) in [6, 6.07) is 17.8. The van der Waals surface area contributed by atoms with Crippen molar-refractivity contribution in [2.45, 2.75) is 95.3 Å². The Morgan fingerprint density at radius 3 is 2.29 bits per heavy atom. The fourth-order valence-electron chi connectivity index (χ4n) is 8.66. The van der Waals surface area contributed by atoms with E-state index in [9.17, 15) is 18.0 Å². The van der Waals surface area contributed by atoms with Gasteiger partial charge in [0.15, 0.2) is 6.10 Å². The average molecular weight is 901 g/mol. The van der Waals surface area contributed by atoms with Gasteiger partial charge >= 0.3 is 11.9 Å². The third-order valence-corrected chi connectivity index (χ3v) is 15.6. The number of anilines is 1. The number of urea groups is 1. The summed E-state index contributed by atoms with van der Waals surface area (Å²) < 4.78 is 40.6. The lowest BCUT2D eigenvalue weighted by molar-refractivity contribution is -0.789. The lowest BCUT2D eigenvalue weighted by Crippen LogP contribution is -2.70. The lowest BCUT2D eigenvalue weighted by atomic mass is 9.94. The van der Waals surface area contributed by atoms with E-state index in [1.54, 1.807) is 39.0 Å². The number of imide groups is 1. The molecule has 4 unspecified atom stereocenters. The fraction of sp³-hybridized carbons (Fsp3) is 0.426. The maximum absolute atomic E-state index is 15.2. The van der Waals surface area contributed by atoms with Crippen LogP contribution in [0.25, 0.3) is 10.8 Å². The number of nitrogens with zero attached hydrogens (tertiary/aromatic N) is 3. The molecule has 0 bridgehead atoms. The number of aromatic nitrogens is 1. The first-order valence-electron chi connectivity index (χ1n) is 21.2. The highest BCUT2D eigenvalue weighted by atomic mass is 35.5. The van der Waals surface area contributed by atoms with E-state index in [2.05, 4.69) is 22.2 Å². The van der Waals surface area contributed by atoms with E-state index in [0.29, 0.717) is 34.4 Å². The molecule has 7 atom stereocenters. The van der Waals surface area contributed by atoms with E-state index < -0.39 is 84.6 Å². The standard InChI is InChI=1S/C47H55ClN6O8S/c1-9-31-24-47(31,44(57)53(63(59,60)35-20-21-35)34-18-15-30(16-19-34)41(55)51-46(6,7)32-13-11-10-12-14-32)52-45(58)54(43(56)40(49)27(2)3)26-39(28(4)29(54)5)62-42-37-23-33(48)17-22-36(37)38(61-8)25-50-42/h9-19,22-23,25,27-29,31,35,39-40H,1,20-21,24,26,49H2,2-8H3,(H-,51,52,55,58)/p+1/t28?,29?,31-,39+,40?,47-,54?/m1/s1. The van der Waals surface area contributed by atoms with Gasteiger partial charge in [0, 0.05) is 27.3 Å². The monoisotopic (exact) mass is 899 g/mol. The molecular weight excluding hydrogens is 844 g/mol. The molecule has 2 saturated carbocycles. The molecule has 16 heteroatoms. The molecule has 4 aromatic rings. The molecule has 1 aliphatic heterocycles. The van der Waals surface area contributed by atoms with Crippen LogP contribution in [-0.4, -0.2) is 84.3 Å². The molecule has 0 radical (unpaired) electrons. The number of nitrogens with two attached hydrogens (primary N) is 1. The normalized spacial score (nSPS) is 24.9. The summed E-state index contributed by atoms with van der Waals surface area (Å²) in [5.74, 6) is -2.61. The van der Waals surface area contributed by atoms with Crippen molar-refractivity contribution in [2.24, 2.45) is 23.5 Å². The fourth-order valence-corrected chi connectivity index (χ4v) is 10.7. The van der Waals surface area contributed by atoms with Crippen LogP contribution in [0.5, 0.6) is 11.6 Å². The van der Waals surface area contributed by atoms with Crippen LogP contribution in [0.2, 0.25) is 5.02 Å². The van der Waals surface area contributed by atoms with E-state index >= 15 is 9.59 Å². The highest BCUT2D eigenvalue weighted by molar-refractivity contribution is 7.94. The molecule has 14 nitrogen and oxygen atoms in total. The second-order valence-corrected chi connectivity index (χ2v) is 20.5. The van der Waals surface area contributed by atoms with Crippen molar-refractivity contribution in [3.8, 4) is 11.6 Å². The van der Waals surface area contributed by atoms with Crippen LogP contribution in [0.4, 0.5) is 10.5 Å². The van der Waals surface area contributed by atoms with Gasteiger partial charge in [-0.3, -0.25) is 14.9 Å². The van der Waals surface area contributed by atoms with E-state index in [0.717, 1.165) is 9.87 Å². The average Bonchev–Trinajstić information content (AvgIpc) is 4.20. The summed E-state index contributed by atoms with van der Waals surface area (Å²) in [6.45, 7) is 14.7. The molecule has 0 spiro atoms. The van der Waals surface area contributed by atoms with Gasteiger partial charge in [0.05, 0.1) is 35.7 Å². The first-order chi connectivity index (χ1) is 29.7. The zero-order valence-corrected chi connectivity index (χ0v) is 38.2. The van der Waals surface area contributed by atoms with E-state index in [4.69, 9.17) is 26.8 Å². The number of sulfonamides is 1. The minimum absolute atomic E-state index is 0.00635. The van der Waals surface area contributed by atoms with Crippen molar-refractivity contribution in [3.63, 3.8) is 0 Å². The van der Waals surface area contributed by atoms with Gasteiger partial charge < -0.3 is 20.5 Å². The highest BCUT2D eigenvalue weighted by Gasteiger charge is 2.68. The molecule has 3 fully saturated rings. The van der Waals surface area contributed by atoms with Crippen LogP contribution in [-0.2, 0) is 25.2 Å². The maximum Gasteiger partial charge on any atom is 0.425 e. The molecule has 3 aromatic carbocycles. The van der Waals surface area contributed by atoms with Crippen LogP contribution >= 0.6 is 11.6 Å². The number of hydrogen-bond acceptors (Lipinski definition) is 10. The van der Waals surface area contributed by atoms with Crippen molar-refractivity contribution < 1.29 is 41.6 Å². The minimum atomic E-state index is -4.29. The van der Waals surface area contributed by atoms with Gasteiger partial charge in [-0.05, 0) is 94.0 Å². The smallest absolute Gasteiger partial charge is 0.425 e. The summed E-state index contributed by atoms with van der Waals surface area (Å²) in [5, 5.41) is 6.84. The lowest BCUT2D eigenvalue weighted by Gasteiger charge is -2.37. The predicted molar refractivity (Wildman–Crippen MR) is 242 cm³/mol. The number of nitrogens with one attached hydrogen (secondary N) is 2. The number of pyridine rings is 1. The summed E-state index contributed by atoms with van der Waals surface area (Å²) in [7, 11) is -2.76. The second kappa shape index (κ2) is 17.0. The van der Waals surface area contributed by atoms with Crippen LogP contribution in [0.3, 0.4) is 0 Å². The van der Waals surface area contributed by atoms with Crippen LogP contribution in [0.1, 0.15) is 76.7 Å². The van der Waals surface area contributed by atoms with Crippen LogP contribution in [0, 0.1) is 17.8 Å². The van der Waals surface area contributed by atoms with E-state index in [1.807, 2.05) is 51.1 Å². The SMILES string of the molecule is C=C[C@@H]1C[C@]1(NC(=O)[N+]1(C(=O)C(N)C(C)C)C[C@H](Oc2ncc(OC)c3ccc(Cl)cc23)C(C)C1C)C(=O)N(c1ccc(C(=O)NC(C)(C)c2ccccc2)cc1)S(=O)(=O)C1CC1. The summed E-state index contributed by atoms with van der Waals surface area (Å²) in [5.41, 5.74) is 5.22. The molecule has 1 saturated heterocycles. The van der Waals surface area contributed by atoms with Crippen LogP contribution in [0.15, 0.2) is 91.6 Å². The van der Waals surface area contributed by atoms with Gasteiger partial charge in [-0.15, -0.1) is 6.58 Å². The topological polar surface area (TPSA) is 187 Å². The van der Waals surface area contributed by atoms with Gasteiger partial charge in [-0.1, -0.05) is 68.8 Å². The minimum Gasteiger partial charge on any atom is -0.494 e. The number of likely N-dealkylation sites (tertiary alicyclic amines) is 1. The number of amides is 5. The highest BCUT2D eigenvalue weighted by Crippen LogP contribution is 2.49. The number of quaternary nitrogens is 1. The zero-order chi connectivity index (χ0) is 45.8. The molecule has 5 amide bonds. The number of hydrogen-bond donors (Lipinski definition) is 3. The molecule has 334 valence electrons. The van der Waals surface area contributed by atoms with E-state index in [-0.39, 0.29) is 36.0 Å². The third kappa shape index (κ3) is 8.20. The number of benzene rings is 3. The van der Waals surface area contributed by atoms with Gasteiger partial charge in [-0.2, -0.15) is 4.48 Å². The molecule has 63 heavy (non-hydrogen) atoms.